The molecule has 1 aliphatic heterocycles. The Bertz CT molecular complexity index is 1300. The molecule has 4 rings (SSSR count). The highest BCUT2D eigenvalue weighted by molar-refractivity contribution is 6.26. The molecule has 0 atom stereocenters. The lowest BCUT2D eigenvalue weighted by molar-refractivity contribution is -0.135. The summed E-state index contributed by atoms with van der Waals surface area (Å²) in [6, 6.07) is 5.40. The Morgan fingerprint density at radius 2 is 1.84 bits per heavy atom. The van der Waals surface area contributed by atoms with E-state index in [0.29, 0.717) is 12.1 Å². The van der Waals surface area contributed by atoms with Crippen LogP contribution in [0, 0.1) is 17.5 Å². The predicted octanol–water partition coefficient (Wildman–Crippen LogP) is 2.67. The summed E-state index contributed by atoms with van der Waals surface area (Å²) < 4.78 is 43.4. The molecule has 0 spiro atoms. The fourth-order valence-corrected chi connectivity index (χ4v) is 3.83. The molecule has 0 saturated carbocycles. The van der Waals surface area contributed by atoms with Crippen LogP contribution in [0.2, 0.25) is 0 Å². The number of aliphatic imine (C=N–C) groups is 1. The van der Waals surface area contributed by atoms with Gasteiger partial charge in [0.25, 0.3) is 0 Å². The molecule has 2 heterocycles. The van der Waals surface area contributed by atoms with Gasteiger partial charge in [-0.2, -0.15) is 0 Å². The number of amides is 1. The Morgan fingerprint density at radius 3 is 2.45 bits per heavy atom. The van der Waals surface area contributed by atoms with Gasteiger partial charge in [-0.25, -0.2) is 13.2 Å². The maximum atomic E-state index is 14.4. The fraction of sp³-hybridized carbons (Fsp3) is 0.143. The molecule has 158 valence electrons. The van der Waals surface area contributed by atoms with Crippen molar-refractivity contribution in [1.29, 1.82) is 0 Å². The minimum atomic E-state index is -1.23. The molecule has 3 N–H and O–H groups in total. The van der Waals surface area contributed by atoms with Crippen molar-refractivity contribution in [3.8, 4) is 0 Å². The smallest absolute Gasteiger partial charge is 0.309 e. The zero-order valence-electron chi connectivity index (χ0n) is 15.8. The topological polar surface area (TPSA) is 115 Å². The molecule has 1 amide bonds. The van der Waals surface area contributed by atoms with Gasteiger partial charge < -0.3 is 15.4 Å². The lowest BCUT2D eigenvalue weighted by Gasteiger charge is -2.17. The van der Waals surface area contributed by atoms with E-state index in [1.807, 2.05) is 0 Å². The Hall–Kier alpha value is -3.95. The highest BCUT2D eigenvalue weighted by Crippen LogP contribution is 2.34. The van der Waals surface area contributed by atoms with E-state index in [1.165, 1.54) is 22.8 Å². The number of aromatic nitrogens is 1. The lowest BCUT2D eigenvalue weighted by Crippen LogP contribution is -2.24. The Balaban J connectivity index is 2.07. The van der Waals surface area contributed by atoms with E-state index < -0.39 is 53.6 Å². The second kappa shape index (κ2) is 7.38. The van der Waals surface area contributed by atoms with Gasteiger partial charge in [-0.15, -0.1) is 0 Å². The molecular weight excluding hydrogens is 415 g/mol. The number of aliphatic carboxylic acids is 1. The minimum Gasteiger partial charge on any atom is -0.481 e. The number of carbonyl (C=O) groups excluding carboxylic acids is 2. The van der Waals surface area contributed by atoms with Gasteiger partial charge in [0.2, 0.25) is 5.91 Å². The van der Waals surface area contributed by atoms with Gasteiger partial charge in [0.1, 0.15) is 24.0 Å². The molecule has 10 heteroatoms. The quantitative estimate of drug-likeness (QED) is 0.649. The van der Waals surface area contributed by atoms with E-state index in [9.17, 15) is 32.7 Å². The Kier molecular flexibility index (Phi) is 4.84. The summed E-state index contributed by atoms with van der Waals surface area (Å²) in [6.45, 7) is -0.848. The van der Waals surface area contributed by atoms with E-state index >= 15 is 0 Å². The first kappa shape index (κ1) is 20.3. The molecule has 0 aliphatic carbocycles. The summed E-state index contributed by atoms with van der Waals surface area (Å²) in [5, 5.41) is 9.41. The highest BCUT2D eigenvalue weighted by Gasteiger charge is 2.32. The third kappa shape index (κ3) is 3.35. The predicted molar refractivity (Wildman–Crippen MR) is 104 cm³/mol. The summed E-state index contributed by atoms with van der Waals surface area (Å²) in [6.07, 6.45) is -0.559. The third-order valence-electron chi connectivity index (χ3n) is 5.06. The summed E-state index contributed by atoms with van der Waals surface area (Å²) in [4.78, 5) is 40.1. The van der Waals surface area contributed by atoms with Crippen LogP contribution >= 0.6 is 0 Å². The van der Waals surface area contributed by atoms with Crippen LogP contribution in [0.5, 0.6) is 0 Å². The molecule has 0 saturated heterocycles. The number of rotatable bonds is 5. The van der Waals surface area contributed by atoms with Gasteiger partial charge in [0, 0.05) is 28.6 Å². The number of carbonyl (C=O) groups is 3. The molecule has 0 fully saturated rings. The molecule has 0 unspecified atom stereocenters. The van der Waals surface area contributed by atoms with Gasteiger partial charge in [-0.3, -0.25) is 19.4 Å². The van der Waals surface area contributed by atoms with Crippen LogP contribution in [0.4, 0.5) is 13.2 Å². The van der Waals surface area contributed by atoms with Crippen LogP contribution in [0.25, 0.3) is 10.9 Å². The molecule has 0 radical (unpaired) electrons. The molecule has 31 heavy (non-hydrogen) atoms. The number of halogens is 3. The standard InChI is InChI=1S/C21H14F3N3O4/c22-9-4-12(23)11(13(24)5-9)8-27-15-3-1-2-10(21(25)31)18(15)19-16(28)7-26-14(20(19)27)6-17(29)30/h1-5H,6-8H2,(H2,25,31)(H,29,30). The summed E-state index contributed by atoms with van der Waals surface area (Å²) >= 11 is 0. The SMILES string of the molecule is NC(=O)c1cccc2c1c1c(n2Cc2c(F)cc(F)cc2F)C(CC(=O)O)=NCC1=O. The van der Waals surface area contributed by atoms with Crippen LogP contribution in [0.15, 0.2) is 35.3 Å². The van der Waals surface area contributed by atoms with Gasteiger partial charge in [0.15, 0.2) is 5.78 Å². The molecular formula is C21H14F3N3O4. The zero-order valence-corrected chi connectivity index (χ0v) is 15.8. The van der Waals surface area contributed by atoms with Gasteiger partial charge in [-0.05, 0) is 12.1 Å². The fourth-order valence-electron chi connectivity index (χ4n) is 3.83. The second-order valence-electron chi connectivity index (χ2n) is 6.98. The number of benzene rings is 2. The van der Waals surface area contributed by atoms with Crippen LogP contribution in [0.1, 0.15) is 38.4 Å². The van der Waals surface area contributed by atoms with E-state index in [1.54, 1.807) is 0 Å². The van der Waals surface area contributed by atoms with Crippen molar-refractivity contribution in [2.75, 3.05) is 6.54 Å². The van der Waals surface area contributed by atoms with Crippen molar-refractivity contribution in [3.63, 3.8) is 0 Å². The molecule has 2 aromatic carbocycles. The summed E-state index contributed by atoms with van der Waals surface area (Å²) in [5.41, 5.74) is 5.24. The van der Waals surface area contributed by atoms with Crippen molar-refractivity contribution >= 4 is 34.3 Å². The highest BCUT2D eigenvalue weighted by atomic mass is 19.1. The number of nitrogens with zero attached hydrogens (tertiary/aromatic N) is 2. The second-order valence-corrected chi connectivity index (χ2v) is 6.98. The number of primary amides is 1. The minimum absolute atomic E-state index is 0.00234. The number of hydrogen-bond donors (Lipinski definition) is 2. The van der Waals surface area contributed by atoms with Crippen molar-refractivity contribution in [1.82, 2.24) is 4.57 Å². The number of carboxylic acid groups (broad SMARTS) is 1. The molecule has 0 bridgehead atoms. The van der Waals surface area contributed by atoms with Gasteiger partial charge in [-0.1, -0.05) is 6.07 Å². The number of Topliss-reactive ketones (excluding diaryl/α,β-unsaturated/α-hetero) is 1. The van der Waals surface area contributed by atoms with Gasteiger partial charge in [0.05, 0.1) is 35.5 Å². The van der Waals surface area contributed by atoms with Crippen molar-refractivity contribution in [3.05, 3.63) is 70.2 Å². The molecule has 7 nitrogen and oxygen atoms in total. The molecule has 3 aromatic rings. The van der Waals surface area contributed by atoms with E-state index in [-0.39, 0.29) is 40.0 Å². The van der Waals surface area contributed by atoms with Crippen molar-refractivity contribution in [2.45, 2.75) is 13.0 Å². The first-order valence-electron chi connectivity index (χ1n) is 9.06. The first-order valence-corrected chi connectivity index (χ1v) is 9.06. The Morgan fingerprint density at radius 1 is 1.16 bits per heavy atom. The average molecular weight is 429 g/mol. The first-order chi connectivity index (χ1) is 14.7. The largest absolute Gasteiger partial charge is 0.481 e. The number of nitrogens with two attached hydrogens (primary N) is 1. The van der Waals surface area contributed by atoms with Gasteiger partial charge >= 0.3 is 5.97 Å². The number of carboxylic acids is 1. The number of ketones is 1. The number of hydrogen-bond acceptors (Lipinski definition) is 4. The normalized spacial score (nSPS) is 13.3. The van der Waals surface area contributed by atoms with Crippen molar-refractivity contribution < 1.29 is 32.7 Å². The van der Waals surface area contributed by atoms with Crippen molar-refractivity contribution in [2.24, 2.45) is 10.7 Å². The third-order valence-corrected chi connectivity index (χ3v) is 5.06. The monoisotopic (exact) mass is 429 g/mol. The molecule has 1 aliphatic rings. The van der Waals surface area contributed by atoms with Crippen LogP contribution in [0.3, 0.4) is 0 Å². The van der Waals surface area contributed by atoms with E-state index in [0.717, 1.165) is 0 Å². The maximum Gasteiger partial charge on any atom is 0.309 e. The maximum absolute atomic E-state index is 14.4. The Labute approximate surface area is 172 Å². The molecule has 1 aromatic heterocycles. The zero-order chi connectivity index (χ0) is 22.4. The summed E-state index contributed by atoms with van der Waals surface area (Å²) in [5.74, 6) is -5.97. The number of fused-ring (bicyclic) bond motifs is 3. The van der Waals surface area contributed by atoms with Crippen LogP contribution < -0.4 is 5.73 Å². The average Bonchev–Trinajstić information content (AvgIpc) is 3.01. The van der Waals surface area contributed by atoms with E-state index in [2.05, 4.69) is 4.99 Å². The lowest BCUT2D eigenvalue weighted by atomic mass is 9.96. The van der Waals surface area contributed by atoms with Crippen LogP contribution in [-0.2, 0) is 11.3 Å². The van der Waals surface area contributed by atoms with Crippen LogP contribution in [-0.4, -0.2) is 39.6 Å². The van der Waals surface area contributed by atoms with E-state index in [4.69, 9.17) is 5.73 Å². The summed E-state index contributed by atoms with van der Waals surface area (Å²) in [7, 11) is 0.